The highest BCUT2D eigenvalue weighted by Gasteiger charge is 2.51. The Labute approximate surface area is 168 Å². The molecule has 4 nitrogen and oxygen atoms in total. The van der Waals surface area contributed by atoms with Gasteiger partial charge in [-0.2, -0.15) is 0 Å². The minimum absolute atomic E-state index is 0.277. The molecule has 4 heteroatoms. The summed E-state index contributed by atoms with van der Waals surface area (Å²) in [6.07, 6.45) is 7.56. The summed E-state index contributed by atoms with van der Waals surface area (Å²) in [5.41, 5.74) is 6.07. The average molecular weight is 378 g/mol. The lowest BCUT2D eigenvalue weighted by atomic mass is 9.53. The molecule has 0 spiro atoms. The number of fused-ring (bicyclic) bond motifs is 1. The van der Waals surface area contributed by atoms with Crippen LogP contribution in [-0.2, 0) is 11.8 Å². The molecule has 2 bridgehead atoms. The van der Waals surface area contributed by atoms with Crippen LogP contribution in [0.25, 0.3) is 0 Å². The van der Waals surface area contributed by atoms with Crippen LogP contribution in [-0.4, -0.2) is 31.8 Å². The number of rotatable bonds is 3. The van der Waals surface area contributed by atoms with E-state index in [2.05, 4.69) is 39.8 Å². The summed E-state index contributed by atoms with van der Waals surface area (Å²) in [6.45, 7) is 1.11. The molecule has 0 radical (unpaired) electrons. The molecule has 2 aromatic carbocycles. The molecule has 2 aromatic rings. The highest BCUT2D eigenvalue weighted by atomic mass is 16.3. The maximum atomic E-state index is 10.9. The fourth-order valence-corrected chi connectivity index (χ4v) is 6.19. The van der Waals surface area contributed by atoms with Gasteiger partial charge in [-0.05, 0) is 73.5 Å². The quantitative estimate of drug-likeness (QED) is 0.687. The lowest BCUT2D eigenvalue weighted by Gasteiger charge is -2.56. The number of phenols is 1. The number of anilines is 3. The van der Waals surface area contributed by atoms with Crippen molar-refractivity contribution in [3.05, 3.63) is 47.5 Å². The second-order valence-electron chi connectivity index (χ2n) is 9.09. The summed E-state index contributed by atoms with van der Waals surface area (Å²) in [4.78, 5) is 2.09. The average Bonchev–Trinajstić information content (AvgIpc) is 2.70. The van der Waals surface area contributed by atoms with Crippen molar-refractivity contribution in [2.75, 3.05) is 30.9 Å². The van der Waals surface area contributed by atoms with Crippen LogP contribution in [0.2, 0.25) is 0 Å². The van der Waals surface area contributed by atoms with Gasteiger partial charge >= 0.3 is 0 Å². The number of para-hydroxylation sites is 2. The molecular weight excluding hydrogens is 346 g/mol. The molecule has 1 heterocycles. The lowest BCUT2D eigenvalue weighted by Crippen LogP contribution is -2.59. The molecule has 0 amide bonds. The number of benzene rings is 2. The molecule has 3 N–H and O–H groups in total. The zero-order chi connectivity index (χ0) is 19.3. The Bertz CT molecular complexity index is 889. The zero-order valence-corrected chi connectivity index (χ0v) is 17.0. The van der Waals surface area contributed by atoms with E-state index < -0.39 is 0 Å². The molecule has 1 saturated carbocycles. The smallest absolute Gasteiger partial charge is 0.139 e. The first-order chi connectivity index (χ1) is 13.6. The summed E-state index contributed by atoms with van der Waals surface area (Å²) in [5, 5.41) is 18.2. The molecular formula is C24H31N3O. The standard InChI is InChI=1S/C24H31N3O/c1-27(2)22-9-4-3-8-19(22)26-21-14-16-13-20-17-7-5-6-10-24(17,11-12-25-20)18(16)15-23(21)28/h3-4,8-9,14-15,17,20,25-26,28H,5-7,10-13H2,1-2H3/t17-,20+,24+/m1/s1. The third kappa shape index (κ3) is 2.69. The van der Waals surface area contributed by atoms with Gasteiger partial charge < -0.3 is 20.6 Å². The van der Waals surface area contributed by atoms with Gasteiger partial charge in [-0.3, -0.25) is 0 Å². The van der Waals surface area contributed by atoms with Crippen molar-refractivity contribution >= 4 is 17.1 Å². The SMILES string of the molecule is CN(C)c1ccccc1Nc1cc2c(cc1O)[C@]13CCCC[C@@H]1[C@H](C2)NCC3. The van der Waals surface area contributed by atoms with E-state index in [0.717, 1.165) is 35.9 Å². The minimum Gasteiger partial charge on any atom is -0.506 e. The van der Waals surface area contributed by atoms with Crippen molar-refractivity contribution in [3.63, 3.8) is 0 Å². The molecule has 3 aliphatic rings. The fourth-order valence-electron chi connectivity index (χ4n) is 6.19. The normalized spacial score (nSPS) is 28.2. The van der Waals surface area contributed by atoms with Crippen molar-refractivity contribution in [2.45, 2.75) is 50.0 Å². The molecule has 3 atom stereocenters. The lowest BCUT2D eigenvalue weighted by molar-refractivity contribution is 0.0796. The molecule has 1 saturated heterocycles. The summed E-state index contributed by atoms with van der Waals surface area (Å²) in [7, 11) is 4.09. The summed E-state index contributed by atoms with van der Waals surface area (Å²) < 4.78 is 0. The van der Waals surface area contributed by atoms with Crippen LogP contribution in [0.15, 0.2) is 36.4 Å². The number of nitrogens with zero attached hydrogens (tertiary/aromatic N) is 1. The summed E-state index contributed by atoms with van der Waals surface area (Å²) in [5.74, 6) is 1.11. The Morgan fingerprint density at radius 3 is 2.82 bits per heavy atom. The third-order valence-corrected chi connectivity index (χ3v) is 7.41. The highest BCUT2D eigenvalue weighted by molar-refractivity contribution is 5.78. The van der Waals surface area contributed by atoms with Crippen LogP contribution in [0.4, 0.5) is 17.1 Å². The summed E-state index contributed by atoms with van der Waals surface area (Å²) >= 11 is 0. The van der Waals surface area contributed by atoms with Crippen LogP contribution >= 0.6 is 0 Å². The van der Waals surface area contributed by atoms with Crippen molar-refractivity contribution in [1.82, 2.24) is 5.32 Å². The van der Waals surface area contributed by atoms with E-state index in [1.165, 1.54) is 43.2 Å². The molecule has 0 aromatic heterocycles. The van der Waals surface area contributed by atoms with Gasteiger partial charge in [0.2, 0.25) is 0 Å². The van der Waals surface area contributed by atoms with Crippen LogP contribution in [0.3, 0.4) is 0 Å². The Morgan fingerprint density at radius 2 is 1.96 bits per heavy atom. The number of hydrogen-bond donors (Lipinski definition) is 3. The monoisotopic (exact) mass is 377 g/mol. The van der Waals surface area contributed by atoms with Gasteiger partial charge in [0.15, 0.2) is 0 Å². The predicted molar refractivity (Wildman–Crippen MR) is 116 cm³/mol. The van der Waals surface area contributed by atoms with Gasteiger partial charge in [0.05, 0.1) is 17.1 Å². The van der Waals surface area contributed by atoms with E-state index in [1.807, 2.05) is 26.2 Å². The number of phenolic OH excluding ortho intramolecular Hbond substituents is 1. The topological polar surface area (TPSA) is 47.5 Å². The van der Waals surface area contributed by atoms with Gasteiger partial charge in [-0.25, -0.2) is 0 Å². The van der Waals surface area contributed by atoms with E-state index in [0.29, 0.717) is 11.8 Å². The van der Waals surface area contributed by atoms with Crippen molar-refractivity contribution in [1.29, 1.82) is 0 Å². The third-order valence-electron chi connectivity index (χ3n) is 7.41. The number of hydrogen-bond acceptors (Lipinski definition) is 4. The van der Waals surface area contributed by atoms with E-state index >= 15 is 0 Å². The first-order valence-corrected chi connectivity index (χ1v) is 10.7. The van der Waals surface area contributed by atoms with Gasteiger partial charge in [-0.15, -0.1) is 0 Å². The molecule has 2 fully saturated rings. The van der Waals surface area contributed by atoms with E-state index in [9.17, 15) is 5.11 Å². The number of aromatic hydroxyl groups is 1. The van der Waals surface area contributed by atoms with Crippen molar-refractivity contribution in [2.24, 2.45) is 5.92 Å². The van der Waals surface area contributed by atoms with E-state index in [4.69, 9.17) is 0 Å². The number of nitrogens with one attached hydrogen (secondary N) is 2. The van der Waals surface area contributed by atoms with Crippen LogP contribution in [0.1, 0.15) is 43.2 Å². The van der Waals surface area contributed by atoms with E-state index in [1.54, 1.807) is 0 Å². The molecule has 2 aliphatic carbocycles. The largest absolute Gasteiger partial charge is 0.506 e. The minimum atomic E-state index is 0.277. The van der Waals surface area contributed by atoms with Gasteiger partial charge in [0.1, 0.15) is 5.75 Å². The van der Waals surface area contributed by atoms with Gasteiger partial charge in [0.25, 0.3) is 0 Å². The molecule has 0 unspecified atom stereocenters. The Morgan fingerprint density at radius 1 is 1.11 bits per heavy atom. The Balaban J connectivity index is 1.56. The molecule has 5 rings (SSSR count). The summed E-state index contributed by atoms with van der Waals surface area (Å²) in [6, 6.07) is 13.1. The highest BCUT2D eigenvalue weighted by Crippen LogP contribution is 2.55. The van der Waals surface area contributed by atoms with Crippen LogP contribution in [0.5, 0.6) is 5.75 Å². The first-order valence-electron chi connectivity index (χ1n) is 10.7. The fraction of sp³-hybridized carbons (Fsp3) is 0.500. The second-order valence-corrected chi connectivity index (χ2v) is 9.09. The van der Waals surface area contributed by atoms with Crippen molar-refractivity contribution < 1.29 is 5.11 Å². The molecule has 1 aliphatic heterocycles. The second kappa shape index (κ2) is 6.70. The Hall–Kier alpha value is -2.20. The van der Waals surface area contributed by atoms with Crippen LogP contribution in [0, 0.1) is 5.92 Å². The predicted octanol–water partition coefficient (Wildman–Crippen LogP) is 4.55. The zero-order valence-electron chi connectivity index (χ0n) is 17.0. The Kier molecular flexibility index (Phi) is 4.27. The van der Waals surface area contributed by atoms with Gasteiger partial charge in [0, 0.05) is 25.6 Å². The van der Waals surface area contributed by atoms with Crippen LogP contribution < -0.4 is 15.5 Å². The maximum Gasteiger partial charge on any atom is 0.139 e. The molecule has 148 valence electrons. The first kappa shape index (κ1) is 17.9. The maximum absolute atomic E-state index is 10.9. The van der Waals surface area contributed by atoms with Crippen molar-refractivity contribution in [3.8, 4) is 5.75 Å². The van der Waals surface area contributed by atoms with E-state index in [-0.39, 0.29) is 5.41 Å². The van der Waals surface area contributed by atoms with Gasteiger partial charge in [-0.1, -0.05) is 25.0 Å². The molecule has 28 heavy (non-hydrogen) atoms. The number of piperidine rings is 1.